The SMILES string of the molecule is Nc1ccc(NC(=O)CCOCC2CCCO2)cn1. The first-order valence-corrected chi connectivity index (χ1v) is 6.45. The molecule has 2 rings (SSSR count). The molecule has 1 aliphatic heterocycles. The van der Waals surface area contributed by atoms with E-state index in [1.165, 1.54) is 6.20 Å². The van der Waals surface area contributed by atoms with Gasteiger partial charge in [0.05, 0.1) is 37.6 Å². The molecular weight excluding hydrogens is 246 g/mol. The van der Waals surface area contributed by atoms with Gasteiger partial charge in [0.2, 0.25) is 5.91 Å². The summed E-state index contributed by atoms with van der Waals surface area (Å²) in [5, 5.41) is 2.73. The van der Waals surface area contributed by atoms with E-state index in [1.807, 2.05) is 0 Å². The summed E-state index contributed by atoms with van der Waals surface area (Å²) in [6.07, 6.45) is 4.18. The van der Waals surface area contributed by atoms with Gasteiger partial charge in [-0.1, -0.05) is 0 Å². The Balaban J connectivity index is 1.60. The largest absolute Gasteiger partial charge is 0.384 e. The molecular formula is C13H19N3O3. The van der Waals surface area contributed by atoms with Crippen molar-refractivity contribution in [3.63, 3.8) is 0 Å². The van der Waals surface area contributed by atoms with E-state index in [4.69, 9.17) is 15.2 Å². The third-order valence-electron chi connectivity index (χ3n) is 2.87. The molecule has 1 aromatic heterocycles. The van der Waals surface area contributed by atoms with Gasteiger partial charge in [-0.2, -0.15) is 0 Å². The Hall–Kier alpha value is -1.66. The molecule has 1 atom stereocenters. The van der Waals surface area contributed by atoms with Gasteiger partial charge in [0.25, 0.3) is 0 Å². The zero-order valence-corrected chi connectivity index (χ0v) is 10.8. The smallest absolute Gasteiger partial charge is 0.226 e. The Bertz CT molecular complexity index is 402. The highest BCUT2D eigenvalue weighted by Crippen LogP contribution is 2.12. The molecule has 0 aliphatic carbocycles. The van der Waals surface area contributed by atoms with Crippen molar-refractivity contribution in [2.75, 3.05) is 30.9 Å². The number of amides is 1. The van der Waals surface area contributed by atoms with Crippen molar-refractivity contribution in [1.29, 1.82) is 0 Å². The fraction of sp³-hybridized carbons (Fsp3) is 0.538. The zero-order valence-electron chi connectivity index (χ0n) is 10.8. The molecule has 19 heavy (non-hydrogen) atoms. The number of hydrogen-bond acceptors (Lipinski definition) is 5. The van der Waals surface area contributed by atoms with E-state index in [1.54, 1.807) is 12.1 Å². The van der Waals surface area contributed by atoms with E-state index >= 15 is 0 Å². The van der Waals surface area contributed by atoms with Crippen LogP contribution in [0.2, 0.25) is 0 Å². The quantitative estimate of drug-likeness (QED) is 0.754. The molecule has 2 heterocycles. The molecule has 1 aromatic rings. The minimum Gasteiger partial charge on any atom is -0.384 e. The Morgan fingerprint density at radius 3 is 3.16 bits per heavy atom. The lowest BCUT2D eigenvalue weighted by Crippen LogP contribution is -2.18. The lowest BCUT2D eigenvalue weighted by Gasteiger charge is -2.10. The van der Waals surface area contributed by atoms with Crippen LogP contribution in [0.3, 0.4) is 0 Å². The molecule has 104 valence electrons. The van der Waals surface area contributed by atoms with Crippen LogP contribution in [-0.4, -0.2) is 36.8 Å². The molecule has 0 saturated carbocycles. The molecule has 1 saturated heterocycles. The molecule has 6 heteroatoms. The Labute approximate surface area is 112 Å². The fourth-order valence-corrected chi connectivity index (χ4v) is 1.86. The number of aromatic nitrogens is 1. The number of nitrogen functional groups attached to an aromatic ring is 1. The van der Waals surface area contributed by atoms with Crippen LogP contribution in [0.5, 0.6) is 0 Å². The van der Waals surface area contributed by atoms with Crippen molar-refractivity contribution in [3.05, 3.63) is 18.3 Å². The molecule has 0 bridgehead atoms. The van der Waals surface area contributed by atoms with Crippen molar-refractivity contribution >= 4 is 17.4 Å². The number of pyridine rings is 1. The van der Waals surface area contributed by atoms with Crippen molar-refractivity contribution in [3.8, 4) is 0 Å². The first-order valence-electron chi connectivity index (χ1n) is 6.45. The molecule has 0 aromatic carbocycles. The summed E-state index contributed by atoms with van der Waals surface area (Å²) in [5.41, 5.74) is 6.10. The lowest BCUT2D eigenvalue weighted by atomic mass is 10.2. The Kier molecular flexibility index (Phi) is 5.11. The van der Waals surface area contributed by atoms with Gasteiger partial charge in [-0.3, -0.25) is 4.79 Å². The third-order valence-corrected chi connectivity index (χ3v) is 2.87. The maximum absolute atomic E-state index is 11.6. The average Bonchev–Trinajstić information content (AvgIpc) is 2.91. The van der Waals surface area contributed by atoms with Gasteiger partial charge in [0, 0.05) is 6.61 Å². The minimum atomic E-state index is -0.0982. The minimum absolute atomic E-state index is 0.0982. The number of hydrogen-bond donors (Lipinski definition) is 2. The highest BCUT2D eigenvalue weighted by atomic mass is 16.5. The Morgan fingerprint density at radius 1 is 1.58 bits per heavy atom. The van der Waals surface area contributed by atoms with Gasteiger partial charge in [0.15, 0.2) is 0 Å². The molecule has 0 radical (unpaired) electrons. The van der Waals surface area contributed by atoms with Gasteiger partial charge < -0.3 is 20.5 Å². The number of nitrogens with zero attached hydrogens (tertiary/aromatic N) is 1. The standard InChI is InChI=1S/C13H19N3O3/c14-12-4-3-10(8-15-12)16-13(17)5-7-18-9-11-2-1-6-19-11/h3-4,8,11H,1-2,5-7,9H2,(H2,14,15)(H,16,17). The average molecular weight is 265 g/mol. The van der Waals surface area contributed by atoms with E-state index < -0.39 is 0 Å². The van der Waals surface area contributed by atoms with E-state index in [2.05, 4.69) is 10.3 Å². The predicted octanol–water partition coefficient (Wildman–Crippen LogP) is 1.19. The lowest BCUT2D eigenvalue weighted by molar-refractivity contribution is -0.117. The highest BCUT2D eigenvalue weighted by molar-refractivity contribution is 5.90. The summed E-state index contributed by atoms with van der Waals surface area (Å²) in [6.45, 7) is 1.78. The summed E-state index contributed by atoms with van der Waals surface area (Å²) < 4.78 is 10.8. The number of anilines is 2. The molecule has 1 aliphatic rings. The number of rotatable bonds is 6. The summed E-state index contributed by atoms with van der Waals surface area (Å²) in [4.78, 5) is 15.5. The fourth-order valence-electron chi connectivity index (χ4n) is 1.86. The van der Waals surface area contributed by atoms with Crippen molar-refractivity contribution in [2.45, 2.75) is 25.4 Å². The van der Waals surface area contributed by atoms with Crippen LogP contribution in [0.25, 0.3) is 0 Å². The third kappa shape index (κ3) is 4.84. The zero-order chi connectivity index (χ0) is 13.5. The monoisotopic (exact) mass is 265 g/mol. The first kappa shape index (κ1) is 13.8. The molecule has 1 fully saturated rings. The summed E-state index contributed by atoms with van der Waals surface area (Å²) in [7, 11) is 0. The van der Waals surface area contributed by atoms with Crippen LogP contribution in [-0.2, 0) is 14.3 Å². The van der Waals surface area contributed by atoms with Crippen molar-refractivity contribution in [1.82, 2.24) is 4.98 Å². The topological polar surface area (TPSA) is 86.5 Å². The van der Waals surface area contributed by atoms with Gasteiger partial charge >= 0.3 is 0 Å². The number of nitrogens with two attached hydrogens (primary N) is 1. The second-order valence-corrected chi connectivity index (χ2v) is 4.48. The molecule has 3 N–H and O–H groups in total. The first-order chi connectivity index (χ1) is 9.24. The second kappa shape index (κ2) is 7.06. The van der Waals surface area contributed by atoms with Crippen LogP contribution in [0.1, 0.15) is 19.3 Å². The highest BCUT2D eigenvalue weighted by Gasteiger charge is 2.15. The number of carbonyl (C=O) groups is 1. The van der Waals surface area contributed by atoms with Crippen LogP contribution in [0.4, 0.5) is 11.5 Å². The second-order valence-electron chi connectivity index (χ2n) is 4.48. The van der Waals surface area contributed by atoms with Gasteiger partial charge in [-0.15, -0.1) is 0 Å². The molecule has 0 spiro atoms. The maximum atomic E-state index is 11.6. The van der Waals surface area contributed by atoms with E-state index in [0.29, 0.717) is 31.1 Å². The summed E-state index contributed by atoms with van der Waals surface area (Å²) in [6, 6.07) is 3.36. The number of carbonyl (C=O) groups excluding carboxylic acids is 1. The van der Waals surface area contributed by atoms with E-state index in [9.17, 15) is 4.79 Å². The van der Waals surface area contributed by atoms with Gasteiger partial charge in [0.1, 0.15) is 5.82 Å². The normalized spacial score (nSPS) is 18.4. The van der Waals surface area contributed by atoms with Crippen molar-refractivity contribution < 1.29 is 14.3 Å². The Morgan fingerprint density at radius 2 is 2.47 bits per heavy atom. The molecule has 1 unspecified atom stereocenters. The number of ether oxygens (including phenoxy) is 2. The van der Waals surface area contributed by atoms with Crippen LogP contribution in [0, 0.1) is 0 Å². The summed E-state index contributed by atoms with van der Waals surface area (Å²) >= 11 is 0. The van der Waals surface area contributed by atoms with Crippen molar-refractivity contribution in [2.24, 2.45) is 0 Å². The molecule has 6 nitrogen and oxygen atoms in total. The van der Waals surface area contributed by atoms with Gasteiger partial charge in [-0.25, -0.2) is 4.98 Å². The predicted molar refractivity (Wildman–Crippen MR) is 71.7 cm³/mol. The van der Waals surface area contributed by atoms with Crippen LogP contribution >= 0.6 is 0 Å². The number of nitrogens with one attached hydrogen (secondary N) is 1. The molecule has 1 amide bonds. The van der Waals surface area contributed by atoms with Crippen LogP contribution in [0.15, 0.2) is 18.3 Å². The van der Waals surface area contributed by atoms with Crippen LogP contribution < -0.4 is 11.1 Å². The summed E-state index contributed by atoms with van der Waals surface area (Å²) in [5.74, 6) is 0.330. The van der Waals surface area contributed by atoms with E-state index in [0.717, 1.165) is 19.4 Å². The maximum Gasteiger partial charge on any atom is 0.226 e. The van der Waals surface area contributed by atoms with Gasteiger partial charge in [-0.05, 0) is 25.0 Å². The van der Waals surface area contributed by atoms with E-state index in [-0.39, 0.29) is 12.0 Å².